The number of aromatic nitrogens is 1. The van der Waals surface area contributed by atoms with E-state index in [0.717, 1.165) is 31.4 Å². The Balaban J connectivity index is 1.83. The maximum Gasteiger partial charge on any atom is 0.270 e. The number of amides is 1. The number of non-ortho nitro benzene ring substituents is 1. The molecular formula is C18H23N3O3. The fraction of sp³-hybridized carbons (Fsp3) is 0.500. The van der Waals surface area contributed by atoms with Crippen LogP contribution in [-0.2, 0) is 0 Å². The molecule has 6 nitrogen and oxygen atoms in total. The molecule has 2 aromatic rings. The summed E-state index contributed by atoms with van der Waals surface area (Å²) in [6.45, 7) is 3.73. The largest absolute Gasteiger partial charge is 0.360 e. The highest BCUT2D eigenvalue weighted by Crippen LogP contribution is 2.27. The number of carbonyl (C=O) groups excluding carboxylic acids is 1. The Kier molecular flexibility index (Phi) is 4.83. The first-order valence-electron chi connectivity index (χ1n) is 8.65. The van der Waals surface area contributed by atoms with Crippen molar-refractivity contribution in [3.63, 3.8) is 0 Å². The van der Waals surface area contributed by atoms with Gasteiger partial charge >= 0.3 is 0 Å². The third-order valence-corrected chi connectivity index (χ3v) is 4.94. The van der Waals surface area contributed by atoms with Crippen LogP contribution < -0.4 is 0 Å². The molecule has 0 aliphatic carbocycles. The number of H-pyrrole nitrogens is 1. The van der Waals surface area contributed by atoms with Crippen molar-refractivity contribution < 1.29 is 9.72 Å². The fourth-order valence-electron chi connectivity index (χ4n) is 3.63. The van der Waals surface area contributed by atoms with Gasteiger partial charge in [-0.2, -0.15) is 0 Å². The molecule has 2 heterocycles. The number of nitrogens with one attached hydrogen (secondary N) is 1. The van der Waals surface area contributed by atoms with Crippen LogP contribution in [0.4, 0.5) is 5.69 Å². The van der Waals surface area contributed by atoms with Crippen molar-refractivity contribution in [2.45, 2.75) is 39.0 Å². The van der Waals surface area contributed by atoms with Gasteiger partial charge in [-0.1, -0.05) is 19.8 Å². The Hall–Kier alpha value is -2.37. The molecule has 1 aliphatic heterocycles. The molecule has 1 N–H and O–H groups in total. The lowest BCUT2D eigenvalue weighted by Gasteiger charge is -2.20. The van der Waals surface area contributed by atoms with E-state index in [0.29, 0.717) is 16.9 Å². The lowest BCUT2D eigenvalue weighted by Crippen LogP contribution is -2.31. The quantitative estimate of drug-likeness (QED) is 0.677. The summed E-state index contributed by atoms with van der Waals surface area (Å²) >= 11 is 0. The molecule has 1 aliphatic rings. The highest BCUT2D eigenvalue weighted by Gasteiger charge is 2.23. The Bertz CT molecular complexity index is 753. The molecule has 24 heavy (non-hydrogen) atoms. The minimum absolute atomic E-state index is 0.00928. The zero-order valence-corrected chi connectivity index (χ0v) is 14.0. The summed E-state index contributed by atoms with van der Waals surface area (Å²) in [7, 11) is 0. The van der Waals surface area contributed by atoms with Crippen molar-refractivity contribution in [1.82, 2.24) is 9.88 Å². The predicted molar refractivity (Wildman–Crippen MR) is 93.1 cm³/mol. The molecule has 6 heteroatoms. The number of benzene rings is 1. The van der Waals surface area contributed by atoms with E-state index in [9.17, 15) is 14.9 Å². The van der Waals surface area contributed by atoms with E-state index in [4.69, 9.17) is 0 Å². The molecule has 1 fully saturated rings. The van der Waals surface area contributed by atoms with Gasteiger partial charge in [0.15, 0.2) is 0 Å². The van der Waals surface area contributed by atoms with E-state index in [1.807, 2.05) is 4.90 Å². The van der Waals surface area contributed by atoms with Gasteiger partial charge in [0.05, 0.1) is 10.5 Å². The summed E-state index contributed by atoms with van der Waals surface area (Å²) < 4.78 is 0. The Morgan fingerprint density at radius 1 is 1.38 bits per heavy atom. The number of nitrogens with zero attached hydrogens (tertiary/aromatic N) is 2. The van der Waals surface area contributed by atoms with E-state index < -0.39 is 4.92 Å². The van der Waals surface area contributed by atoms with E-state index in [2.05, 4.69) is 11.9 Å². The predicted octanol–water partition coefficient (Wildman–Crippen LogP) is 4.12. The molecule has 0 bridgehead atoms. The van der Waals surface area contributed by atoms with Gasteiger partial charge in [-0.25, -0.2) is 0 Å². The molecule has 1 saturated heterocycles. The lowest BCUT2D eigenvalue weighted by molar-refractivity contribution is -0.384. The lowest BCUT2D eigenvalue weighted by atomic mass is 9.96. The third-order valence-electron chi connectivity index (χ3n) is 4.94. The number of rotatable bonds is 4. The van der Waals surface area contributed by atoms with Crippen molar-refractivity contribution in [3.8, 4) is 0 Å². The van der Waals surface area contributed by atoms with Gasteiger partial charge in [0.25, 0.3) is 11.6 Å². The van der Waals surface area contributed by atoms with Gasteiger partial charge < -0.3 is 9.88 Å². The fourth-order valence-corrected chi connectivity index (χ4v) is 3.63. The maximum absolute atomic E-state index is 12.9. The SMILES string of the molecule is CCCC1CCCN(C(=O)c2c[nH]c3ccc([N+](=O)[O-])cc23)CC1. The normalized spacial score (nSPS) is 18.5. The van der Waals surface area contributed by atoms with Crippen molar-refractivity contribution in [2.75, 3.05) is 13.1 Å². The number of carbonyl (C=O) groups is 1. The van der Waals surface area contributed by atoms with Crippen LogP contribution in [0.3, 0.4) is 0 Å². The van der Waals surface area contributed by atoms with Crippen LogP contribution in [0.1, 0.15) is 49.4 Å². The van der Waals surface area contributed by atoms with Crippen LogP contribution in [-0.4, -0.2) is 33.8 Å². The standard InChI is InChI=1S/C18H23N3O3/c1-2-4-13-5-3-9-20(10-8-13)18(22)16-12-19-17-7-6-14(21(23)24)11-15(16)17/h6-7,11-13,19H,2-5,8-10H2,1H3. The van der Waals surface area contributed by atoms with E-state index in [1.165, 1.54) is 31.4 Å². The molecule has 0 radical (unpaired) electrons. The molecule has 1 amide bonds. The Morgan fingerprint density at radius 3 is 2.96 bits per heavy atom. The average Bonchev–Trinajstić information content (AvgIpc) is 2.85. The molecule has 1 atom stereocenters. The minimum Gasteiger partial charge on any atom is -0.360 e. The number of likely N-dealkylation sites (tertiary alicyclic amines) is 1. The molecule has 128 valence electrons. The molecular weight excluding hydrogens is 306 g/mol. The summed E-state index contributed by atoms with van der Waals surface area (Å²) in [5, 5.41) is 11.6. The first-order chi connectivity index (χ1) is 11.6. The van der Waals surface area contributed by atoms with Crippen LogP contribution in [0, 0.1) is 16.0 Å². The topological polar surface area (TPSA) is 79.2 Å². The second kappa shape index (κ2) is 7.03. The molecule has 1 unspecified atom stereocenters. The van der Waals surface area contributed by atoms with Gasteiger partial charge in [-0.05, 0) is 31.2 Å². The van der Waals surface area contributed by atoms with Gasteiger partial charge in [0.1, 0.15) is 0 Å². The summed E-state index contributed by atoms with van der Waals surface area (Å²) in [5.41, 5.74) is 1.29. The van der Waals surface area contributed by atoms with Crippen LogP contribution in [0.2, 0.25) is 0 Å². The van der Waals surface area contributed by atoms with Gasteiger partial charge in [-0.15, -0.1) is 0 Å². The third kappa shape index (κ3) is 3.27. The van der Waals surface area contributed by atoms with Crippen LogP contribution in [0.15, 0.2) is 24.4 Å². The van der Waals surface area contributed by atoms with Crippen molar-refractivity contribution in [1.29, 1.82) is 0 Å². The summed E-state index contributed by atoms with van der Waals surface area (Å²) in [5.74, 6) is 0.677. The van der Waals surface area contributed by atoms with Crippen LogP contribution in [0.25, 0.3) is 10.9 Å². The number of nitro groups is 1. The molecule has 1 aromatic heterocycles. The number of aromatic amines is 1. The minimum atomic E-state index is -0.429. The van der Waals surface area contributed by atoms with Crippen LogP contribution in [0.5, 0.6) is 0 Å². The first kappa shape index (κ1) is 16.5. The van der Waals surface area contributed by atoms with E-state index in [1.54, 1.807) is 12.3 Å². The monoisotopic (exact) mass is 329 g/mol. The Morgan fingerprint density at radius 2 is 2.21 bits per heavy atom. The number of hydrogen-bond acceptors (Lipinski definition) is 3. The van der Waals surface area contributed by atoms with E-state index in [-0.39, 0.29) is 11.6 Å². The Labute approximate surface area is 141 Å². The first-order valence-corrected chi connectivity index (χ1v) is 8.65. The molecule has 1 aromatic carbocycles. The molecule has 3 rings (SSSR count). The average molecular weight is 329 g/mol. The molecule has 0 saturated carbocycles. The second-order valence-corrected chi connectivity index (χ2v) is 6.57. The molecule has 0 spiro atoms. The maximum atomic E-state index is 12.9. The highest BCUT2D eigenvalue weighted by molar-refractivity contribution is 6.07. The zero-order chi connectivity index (χ0) is 17.1. The number of nitro benzene ring substituents is 1. The zero-order valence-electron chi connectivity index (χ0n) is 14.0. The summed E-state index contributed by atoms with van der Waals surface area (Å²) in [4.78, 5) is 28.4. The summed E-state index contributed by atoms with van der Waals surface area (Å²) in [6.07, 6.45) is 7.33. The van der Waals surface area contributed by atoms with Crippen LogP contribution >= 0.6 is 0 Å². The van der Waals surface area contributed by atoms with Crippen molar-refractivity contribution >= 4 is 22.5 Å². The highest BCUT2D eigenvalue weighted by atomic mass is 16.6. The van der Waals surface area contributed by atoms with E-state index >= 15 is 0 Å². The smallest absolute Gasteiger partial charge is 0.270 e. The van der Waals surface area contributed by atoms with Gasteiger partial charge in [-0.3, -0.25) is 14.9 Å². The van der Waals surface area contributed by atoms with Gasteiger partial charge in [0, 0.05) is 42.3 Å². The number of fused-ring (bicyclic) bond motifs is 1. The van der Waals surface area contributed by atoms with Crippen molar-refractivity contribution in [3.05, 3.63) is 40.1 Å². The van der Waals surface area contributed by atoms with Gasteiger partial charge in [0.2, 0.25) is 0 Å². The van der Waals surface area contributed by atoms with Crippen molar-refractivity contribution in [2.24, 2.45) is 5.92 Å². The summed E-state index contributed by atoms with van der Waals surface area (Å²) in [6, 6.07) is 4.59. The number of hydrogen-bond donors (Lipinski definition) is 1. The second-order valence-electron chi connectivity index (χ2n) is 6.57.